The number of nitrogens with zero attached hydrogens (tertiary/aromatic N) is 4. The molecule has 0 aromatic carbocycles. The van der Waals surface area contributed by atoms with Crippen molar-refractivity contribution >= 4 is 5.91 Å². The topological polar surface area (TPSA) is 87.0 Å². The number of rotatable bonds is 5. The minimum Gasteiger partial charge on any atom is -0.503 e. The minimum absolute atomic E-state index is 0.161. The van der Waals surface area contributed by atoms with E-state index in [1.54, 1.807) is 30.5 Å². The average molecular weight is 287 g/mol. The van der Waals surface area contributed by atoms with Crippen molar-refractivity contribution in [2.24, 2.45) is 0 Å². The predicted octanol–water partition coefficient (Wildman–Crippen LogP) is 1.41. The molecule has 1 aliphatic heterocycles. The summed E-state index contributed by atoms with van der Waals surface area (Å²) in [6, 6.07) is 1.54. The molecule has 0 saturated carbocycles. The van der Waals surface area contributed by atoms with Gasteiger partial charge < -0.3 is 14.6 Å². The zero-order valence-electron chi connectivity index (χ0n) is 11.7. The largest absolute Gasteiger partial charge is 0.503 e. The van der Waals surface area contributed by atoms with Gasteiger partial charge in [-0.2, -0.15) is 5.10 Å². The molecule has 110 valence electrons. The number of aliphatic hydroxyl groups excluding tert-OH is 1. The first-order valence-electron chi connectivity index (χ1n) is 6.84. The molecule has 1 atom stereocenters. The quantitative estimate of drug-likeness (QED) is 0.870. The molecule has 2 aromatic heterocycles. The molecule has 3 heterocycles. The zero-order chi connectivity index (χ0) is 14.8. The molecule has 1 amide bonds. The number of nitrogens with one attached hydrogen (secondary N) is 1. The highest BCUT2D eigenvalue weighted by molar-refractivity contribution is 5.95. The third-order valence-corrected chi connectivity index (χ3v) is 3.74. The fraction of sp³-hybridized carbons (Fsp3) is 0.357. The molecule has 1 unspecified atom stereocenters. The van der Waals surface area contributed by atoms with E-state index >= 15 is 0 Å². The normalized spacial score (nSPS) is 18.8. The van der Waals surface area contributed by atoms with Crippen molar-refractivity contribution in [2.75, 3.05) is 6.54 Å². The summed E-state index contributed by atoms with van der Waals surface area (Å²) in [6.07, 6.45) is 7.86. The minimum atomic E-state index is -0.328. The SMILES string of the molecule is CC1=C(O)C(=O)N(CCCn2ccnc2)C1c1cc[nH]n1. The highest BCUT2D eigenvalue weighted by atomic mass is 16.3. The first-order chi connectivity index (χ1) is 10.2. The van der Waals surface area contributed by atoms with Gasteiger partial charge in [-0.15, -0.1) is 0 Å². The number of H-pyrrole nitrogens is 1. The third-order valence-electron chi connectivity index (χ3n) is 3.74. The van der Waals surface area contributed by atoms with Crippen molar-refractivity contribution in [3.63, 3.8) is 0 Å². The first-order valence-corrected chi connectivity index (χ1v) is 6.84. The number of aliphatic hydroxyl groups is 1. The van der Waals surface area contributed by atoms with Crippen LogP contribution in [0.2, 0.25) is 0 Å². The Labute approximate surface area is 121 Å². The maximum Gasteiger partial charge on any atom is 0.289 e. The molecule has 3 rings (SSSR count). The first kappa shape index (κ1) is 13.4. The van der Waals surface area contributed by atoms with E-state index in [-0.39, 0.29) is 17.7 Å². The highest BCUT2D eigenvalue weighted by Crippen LogP contribution is 2.35. The van der Waals surface area contributed by atoms with Gasteiger partial charge in [0, 0.05) is 37.3 Å². The summed E-state index contributed by atoms with van der Waals surface area (Å²) in [4.78, 5) is 17.8. The number of aromatic nitrogens is 4. The van der Waals surface area contributed by atoms with Crippen molar-refractivity contribution in [3.8, 4) is 0 Å². The summed E-state index contributed by atoms with van der Waals surface area (Å²) in [5.41, 5.74) is 1.39. The van der Waals surface area contributed by atoms with Crippen molar-refractivity contribution in [3.05, 3.63) is 48.0 Å². The molecule has 2 N–H and O–H groups in total. The Morgan fingerprint density at radius 3 is 2.95 bits per heavy atom. The number of carbonyl (C=O) groups is 1. The molecule has 0 radical (unpaired) electrons. The molecular formula is C14H17N5O2. The molecule has 21 heavy (non-hydrogen) atoms. The molecule has 1 aliphatic rings. The summed E-state index contributed by atoms with van der Waals surface area (Å²) >= 11 is 0. The summed E-state index contributed by atoms with van der Waals surface area (Å²) < 4.78 is 1.96. The average Bonchev–Trinajstić information content (AvgIpc) is 3.20. The van der Waals surface area contributed by atoms with E-state index < -0.39 is 0 Å². The molecule has 0 spiro atoms. The number of carbonyl (C=O) groups excluding carboxylic acids is 1. The maximum atomic E-state index is 12.2. The second kappa shape index (κ2) is 5.43. The van der Waals surface area contributed by atoms with Crippen molar-refractivity contribution in [1.29, 1.82) is 0 Å². The van der Waals surface area contributed by atoms with Gasteiger partial charge in [-0.05, 0) is 19.4 Å². The van der Waals surface area contributed by atoms with Crippen LogP contribution < -0.4 is 0 Å². The molecule has 7 heteroatoms. The Kier molecular flexibility index (Phi) is 3.47. The van der Waals surface area contributed by atoms with Gasteiger partial charge in [0.25, 0.3) is 5.91 Å². The number of aromatic amines is 1. The van der Waals surface area contributed by atoms with Gasteiger partial charge >= 0.3 is 0 Å². The number of amides is 1. The van der Waals surface area contributed by atoms with Gasteiger partial charge in [0.1, 0.15) is 6.04 Å². The van der Waals surface area contributed by atoms with Crippen LogP contribution in [0.5, 0.6) is 0 Å². The lowest BCUT2D eigenvalue weighted by atomic mass is 10.1. The van der Waals surface area contributed by atoms with Crippen molar-refractivity contribution in [2.45, 2.75) is 25.9 Å². The summed E-state index contributed by atoms with van der Waals surface area (Å²) in [5, 5.41) is 16.8. The predicted molar refractivity (Wildman–Crippen MR) is 75.2 cm³/mol. The molecule has 0 fully saturated rings. The van der Waals surface area contributed by atoms with Crippen molar-refractivity contribution < 1.29 is 9.90 Å². The van der Waals surface area contributed by atoms with Crippen LogP contribution >= 0.6 is 0 Å². The Balaban J connectivity index is 1.72. The van der Waals surface area contributed by atoms with Crippen LogP contribution in [0.15, 0.2) is 42.3 Å². The Morgan fingerprint density at radius 2 is 2.29 bits per heavy atom. The summed E-state index contributed by atoms with van der Waals surface area (Å²) in [7, 11) is 0. The van der Waals surface area contributed by atoms with Crippen LogP contribution in [0.3, 0.4) is 0 Å². The number of hydrogen-bond acceptors (Lipinski definition) is 4. The van der Waals surface area contributed by atoms with E-state index in [0.29, 0.717) is 12.1 Å². The number of hydrogen-bond donors (Lipinski definition) is 2. The number of aryl methyl sites for hydroxylation is 1. The lowest BCUT2D eigenvalue weighted by Crippen LogP contribution is -2.32. The van der Waals surface area contributed by atoms with Crippen LogP contribution in [0.25, 0.3) is 0 Å². The fourth-order valence-corrected chi connectivity index (χ4v) is 2.66. The van der Waals surface area contributed by atoms with E-state index in [1.807, 2.05) is 16.8 Å². The summed E-state index contributed by atoms with van der Waals surface area (Å²) in [5.74, 6) is -0.489. The van der Waals surface area contributed by atoms with Crippen LogP contribution in [0.1, 0.15) is 25.1 Å². The molecule has 0 bridgehead atoms. The van der Waals surface area contributed by atoms with Crippen LogP contribution in [-0.2, 0) is 11.3 Å². The second-order valence-electron chi connectivity index (χ2n) is 5.09. The monoisotopic (exact) mass is 287 g/mol. The van der Waals surface area contributed by atoms with E-state index in [1.165, 1.54) is 0 Å². The van der Waals surface area contributed by atoms with Crippen LogP contribution in [0.4, 0.5) is 0 Å². The molecule has 7 nitrogen and oxygen atoms in total. The Bertz CT molecular complexity index is 645. The van der Waals surface area contributed by atoms with Gasteiger partial charge in [-0.25, -0.2) is 4.98 Å². The molecule has 0 aliphatic carbocycles. The molecule has 0 saturated heterocycles. The molecular weight excluding hydrogens is 270 g/mol. The highest BCUT2D eigenvalue weighted by Gasteiger charge is 2.38. The van der Waals surface area contributed by atoms with Gasteiger partial charge in [0.05, 0.1) is 12.0 Å². The van der Waals surface area contributed by atoms with E-state index in [9.17, 15) is 9.90 Å². The Morgan fingerprint density at radius 1 is 1.43 bits per heavy atom. The Hall–Kier alpha value is -2.57. The van der Waals surface area contributed by atoms with E-state index in [0.717, 1.165) is 18.7 Å². The van der Waals surface area contributed by atoms with Gasteiger partial charge in [-0.3, -0.25) is 9.89 Å². The molecule has 2 aromatic rings. The van der Waals surface area contributed by atoms with Crippen LogP contribution in [0, 0.1) is 0 Å². The van der Waals surface area contributed by atoms with Crippen LogP contribution in [-0.4, -0.2) is 42.2 Å². The lowest BCUT2D eigenvalue weighted by Gasteiger charge is -2.24. The van der Waals surface area contributed by atoms with Gasteiger partial charge in [0.2, 0.25) is 0 Å². The van der Waals surface area contributed by atoms with E-state index in [4.69, 9.17) is 0 Å². The number of imidazole rings is 1. The van der Waals surface area contributed by atoms with Gasteiger partial charge in [0.15, 0.2) is 5.76 Å². The van der Waals surface area contributed by atoms with Crippen molar-refractivity contribution in [1.82, 2.24) is 24.6 Å². The smallest absolute Gasteiger partial charge is 0.289 e. The third kappa shape index (κ3) is 2.42. The van der Waals surface area contributed by atoms with E-state index in [2.05, 4.69) is 15.2 Å². The second-order valence-corrected chi connectivity index (χ2v) is 5.09. The summed E-state index contributed by atoms with van der Waals surface area (Å²) in [6.45, 7) is 3.09. The maximum absolute atomic E-state index is 12.2. The fourth-order valence-electron chi connectivity index (χ4n) is 2.66. The lowest BCUT2D eigenvalue weighted by molar-refractivity contribution is -0.129. The zero-order valence-corrected chi connectivity index (χ0v) is 11.7. The standard InChI is InChI=1S/C14H17N5O2/c1-10-12(11-3-4-16-17-11)19(14(21)13(10)20)7-2-6-18-8-5-15-9-18/h3-5,8-9,12,20H,2,6-7H2,1H3,(H,16,17). The van der Waals surface area contributed by atoms with Gasteiger partial charge in [-0.1, -0.05) is 0 Å².